The molecule has 7 heteroatoms. The molecule has 0 bridgehead atoms. The Balaban J connectivity index is 1.71. The minimum absolute atomic E-state index is 0.0263. The quantitative estimate of drug-likeness (QED) is 0.682. The summed E-state index contributed by atoms with van der Waals surface area (Å²) >= 11 is 0. The molecule has 4 rings (SSSR count). The minimum Gasteiger partial charge on any atom is -0.364 e. The van der Waals surface area contributed by atoms with Crippen LogP contribution in [0.3, 0.4) is 0 Å². The number of carbonyl (C=O) groups excluding carboxylic acids is 1. The van der Waals surface area contributed by atoms with Crippen LogP contribution in [-0.2, 0) is 17.5 Å². The molecule has 1 aliphatic heterocycles. The van der Waals surface area contributed by atoms with Crippen molar-refractivity contribution in [3.63, 3.8) is 0 Å². The molecular formula is C24H24F3N3O. The van der Waals surface area contributed by atoms with E-state index < -0.39 is 11.7 Å². The maximum Gasteiger partial charge on any atom is 0.416 e. The summed E-state index contributed by atoms with van der Waals surface area (Å²) in [5.74, 6) is 0.108. The van der Waals surface area contributed by atoms with Crippen molar-refractivity contribution < 1.29 is 18.0 Å². The Morgan fingerprint density at radius 1 is 1.26 bits per heavy atom. The van der Waals surface area contributed by atoms with Gasteiger partial charge < -0.3 is 9.80 Å². The van der Waals surface area contributed by atoms with Crippen LogP contribution in [0.25, 0.3) is 0 Å². The Hall–Kier alpha value is -3.01. The molecule has 0 N–H and O–H groups in total. The molecule has 1 aliphatic carbocycles. The predicted octanol–water partition coefficient (Wildman–Crippen LogP) is 4.90. The SMILES string of the molecule is CCN1CC2(CC1=O)C[C@H]2N(Cc1ccccc1C(F)(F)F)c1ccc(C#N)c(C)c1. The van der Waals surface area contributed by atoms with Gasteiger partial charge in [-0.3, -0.25) is 4.79 Å². The van der Waals surface area contributed by atoms with E-state index in [1.807, 2.05) is 29.7 Å². The number of nitrogens with zero attached hydrogens (tertiary/aromatic N) is 3. The van der Waals surface area contributed by atoms with Gasteiger partial charge in [0.05, 0.1) is 17.2 Å². The molecule has 31 heavy (non-hydrogen) atoms. The lowest BCUT2D eigenvalue weighted by Crippen LogP contribution is -2.32. The number of halogens is 3. The van der Waals surface area contributed by atoms with Crippen molar-refractivity contribution in [3.05, 3.63) is 64.7 Å². The summed E-state index contributed by atoms with van der Waals surface area (Å²) in [6.45, 7) is 5.13. The molecule has 1 saturated heterocycles. The van der Waals surface area contributed by atoms with E-state index in [0.29, 0.717) is 25.1 Å². The van der Waals surface area contributed by atoms with Gasteiger partial charge in [0.1, 0.15) is 0 Å². The smallest absolute Gasteiger partial charge is 0.364 e. The Bertz CT molecular complexity index is 1060. The normalized spacial score (nSPS) is 22.6. The van der Waals surface area contributed by atoms with Gasteiger partial charge in [-0.2, -0.15) is 18.4 Å². The summed E-state index contributed by atoms with van der Waals surface area (Å²) in [7, 11) is 0. The van der Waals surface area contributed by atoms with Gasteiger partial charge in [-0.05, 0) is 55.7 Å². The van der Waals surface area contributed by atoms with Crippen molar-refractivity contribution in [2.75, 3.05) is 18.0 Å². The lowest BCUT2D eigenvalue weighted by molar-refractivity contribution is -0.138. The van der Waals surface area contributed by atoms with Gasteiger partial charge in [0.15, 0.2) is 0 Å². The van der Waals surface area contributed by atoms with E-state index in [4.69, 9.17) is 0 Å². The second kappa shape index (κ2) is 7.60. The van der Waals surface area contributed by atoms with Crippen molar-refractivity contribution in [2.45, 2.75) is 45.5 Å². The van der Waals surface area contributed by atoms with Gasteiger partial charge >= 0.3 is 6.18 Å². The van der Waals surface area contributed by atoms with Crippen LogP contribution in [0.1, 0.15) is 42.0 Å². The number of benzene rings is 2. The molecule has 0 aromatic heterocycles. The van der Waals surface area contributed by atoms with Gasteiger partial charge in [0.25, 0.3) is 0 Å². The number of hydrogen-bond acceptors (Lipinski definition) is 3. The zero-order valence-electron chi connectivity index (χ0n) is 17.5. The van der Waals surface area contributed by atoms with Crippen LogP contribution >= 0.6 is 0 Å². The molecule has 2 atom stereocenters. The van der Waals surface area contributed by atoms with Crippen molar-refractivity contribution in [1.82, 2.24) is 4.90 Å². The third kappa shape index (κ3) is 3.87. The number of amides is 1. The molecule has 1 spiro atoms. The fourth-order valence-electron chi connectivity index (χ4n) is 4.80. The van der Waals surface area contributed by atoms with E-state index in [9.17, 15) is 23.2 Å². The highest BCUT2D eigenvalue weighted by atomic mass is 19.4. The molecule has 1 unspecified atom stereocenters. The number of likely N-dealkylation sites (tertiary alicyclic amines) is 1. The highest BCUT2D eigenvalue weighted by Gasteiger charge is 2.62. The average Bonchev–Trinajstić information content (AvgIpc) is 3.31. The van der Waals surface area contributed by atoms with Crippen LogP contribution in [0.2, 0.25) is 0 Å². The van der Waals surface area contributed by atoms with Crippen LogP contribution in [-0.4, -0.2) is 29.9 Å². The van der Waals surface area contributed by atoms with E-state index in [0.717, 1.165) is 23.7 Å². The monoisotopic (exact) mass is 427 g/mol. The number of nitriles is 1. The van der Waals surface area contributed by atoms with Crippen LogP contribution in [0.15, 0.2) is 42.5 Å². The summed E-state index contributed by atoms with van der Waals surface area (Å²) < 4.78 is 40.9. The average molecular weight is 427 g/mol. The first-order valence-corrected chi connectivity index (χ1v) is 10.4. The maximum absolute atomic E-state index is 13.6. The predicted molar refractivity (Wildman–Crippen MR) is 111 cm³/mol. The lowest BCUT2D eigenvalue weighted by Gasteiger charge is -2.29. The molecule has 1 heterocycles. The van der Waals surface area contributed by atoms with E-state index in [2.05, 4.69) is 6.07 Å². The Morgan fingerprint density at radius 2 is 2.00 bits per heavy atom. The number of rotatable bonds is 5. The van der Waals surface area contributed by atoms with E-state index in [1.54, 1.807) is 18.2 Å². The van der Waals surface area contributed by atoms with Crippen LogP contribution < -0.4 is 4.90 Å². The second-order valence-corrected chi connectivity index (χ2v) is 8.56. The fraction of sp³-hybridized carbons (Fsp3) is 0.417. The largest absolute Gasteiger partial charge is 0.416 e. The Kier molecular flexibility index (Phi) is 5.20. The highest BCUT2D eigenvalue weighted by molar-refractivity contribution is 5.81. The number of anilines is 1. The zero-order valence-corrected chi connectivity index (χ0v) is 17.5. The third-order valence-electron chi connectivity index (χ3n) is 6.59. The van der Waals surface area contributed by atoms with Gasteiger partial charge in [0, 0.05) is 43.2 Å². The van der Waals surface area contributed by atoms with Crippen LogP contribution in [0, 0.1) is 23.7 Å². The van der Waals surface area contributed by atoms with Gasteiger partial charge in [-0.1, -0.05) is 18.2 Å². The summed E-state index contributed by atoms with van der Waals surface area (Å²) in [5, 5.41) is 9.25. The van der Waals surface area contributed by atoms with Crippen molar-refractivity contribution >= 4 is 11.6 Å². The number of alkyl halides is 3. The van der Waals surface area contributed by atoms with Crippen LogP contribution in [0.4, 0.5) is 18.9 Å². The lowest BCUT2D eigenvalue weighted by atomic mass is 10.0. The molecule has 162 valence electrons. The minimum atomic E-state index is -4.44. The van der Waals surface area contributed by atoms with Crippen molar-refractivity contribution in [3.8, 4) is 6.07 Å². The molecule has 2 aromatic carbocycles. The third-order valence-corrected chi connectivity index (χ3v) is 6.59. The van der Waals surface area contributed by atoms with Gasteiger partial charge in [-0.15, -0.1) is 0 Å². The Morgan fingerprint density at radius 3 is 2.61 bits per heavy atom. The van der Waals surface area contributed by atoms with Crippen molar-refractivity contribution in [1.29, 1.82) is 5.26 Å². The van der Waals surface area contributed by atoms with Crippen LogP contribution in [0.5, 0.6) is 0 Å². The van der Waals surface area contributed by atoms with Gasteiger partial charge in [-0.25, -0.2) is 0 Å². The van der Waals surface area contributed by atoms with Gasteiger partial charge in [0.2, 0.25) is 5.91 Å². The maximum atomic E-state index is 13.6. The molecule has 2 aromatic rings. The second-order valence-electron chi connectivity index (χ2n) is 8.56. The fourth-order valence-corrected chi connectivity index (χ4v) is 4.80. The molecule has 0 radical (unpaired) electrons. The zero-order chi connectivity index (χ0) is 22.4. The first-order valence-electron chi connectivity index (χ1n) is 10.4. The summed E-state index contributed by atoms with van der Waals surface area (Å²) in [6.07, 6.45) is -3.24. The number of carbonyl (C=O) groups is 1. The number of aryl methyl sites for hydroxylation is 1. The summed E-state index contributed by atoms with van der Waals surface area (Å²) in [6, 6.07) is 13.1. The molecule has 2 fully saturated rings. The standard InChI is InChI=1S/C24H24F3N3O/c1-3-29-15-23(12-22(29)31)11-21(23)30(19-9-8-17(13-28)16(2)10-19)14-18-6-4-5-7-20(18)24(25,26)27/h4-10,21H,3,11-12,14-15H2,1-2H3/t21-,23?/m1/s1. The molecular weight excluding hydrogens is 403 g/mol. The van der Waals surface area contributed by atoms with E-state index in [-0.39, 0.29) is 29.5 Å². The Labute approximate surface area is 179 Å². The number of hydrogen-bond donors (Lipinski definition) is 0. The van der Waals surface area contributed by atoms with E-state index in [1.165, 1.54) is 12.1 Å². The molecule has 1 amide bonds. The molecule has 2 aliphatic rings. The summed E-state index contributed by atoms with van der Waals surface area (Å²) in [5.41, 5.74) is 1.44. The highest BCUT2D eigenvalue weighted by Crippen LogP contribution is 2.57. The topological polar surface area (TPSA) is 47.3 Å². The first kappa shape index (κ1) is 21.2. The molecule has 1 saturated carbocycles. The first-order chi connectivity index (χ1) is 14.7. The summed E-state index contributed by atoms with van der Waals surface area (Å²) in [4.78, 5) is 16.2. The molecule has 4 nitrogen and oxygen atoms in total. The van der Waals surface area contributed by atoms with E-state index >= 15 is 0 Å². The van der Waals surface area contributed by atoms with Crippen molar-refractivity contribution in [2.24, 2.45) is 5.41 Å².